The number of hydrogen-bond acceptors (Lipinski definition) is 3. The van der Waals surface area contributed by atoms with Crippen LogP contribution in [-0.4, -0.2) is 34.9 Å². The highest BCUT2D eigenvalue weighted by Crippen LogP contribution is 2.35. The van der Waals surface area contributed by atoms with Crippen LogP contribution in [-0.2, 0) is 0 Å². The van der Waals surface area contributed by atoms with Crippen LogP contribution in [0.1, 0.15) is 61.6 Å². The molecule has 5 nitrogen and oxygen atoms in total. The van der Waals surface area contributed by atoms with E-state index in [1.165, 1.54) is 42.9 Å². The lowest BCUT2D eigenvalue weighted by atomic mass is 9.88. The number of anilines is 1. The number of aromatic amines is 1. The van der Waals surface area contributed by atoms with Crippen LogP contribution in [0.4, 0.5) is 5.69 Å². The zero-order valence-electron chi connectivity index (χ0n) is 16.7. The van der Waals surface area contributed by atoms with E-state index in [1.807, 2.05) is 12.1 Å². The smallest absolute Gasteiger partial charge is 0.291 e. The summed E-state index contributed by atoms with van der Waals surface area (Å²) < 4.78 is 5.18. The van der Waals surface area contributed by atoms with E-state index in [4.69, 9.17) is 4.42 Å². The number of benzene rings is 1. The summed E-state index contributed by atoms with van der Waals surface area (Å²) in [6.07, 6.45) is 8.55. The maximum absolute atomic E-state index is 12.3. The van der Waals surface area contributed by atoms with Crippen LogP contribution < -0.4 is 5.32 Å². The normalized spacial score (nSPS) is 17.1. The Morgan fingerprint density at radius 3 is 2.86 bits per heavy atom. The molecule has 2 aromatic heterocycles. The third kappa shape index (κ3) is 3.85. The maximum atomic E-state index is 12.3. The number of fused-ring (bicyclic) bond motifs is 1. The number of amides is 1. The van der Waals surface area contributed by atoms with E-state index in [-0.39, 0.29) is 5.91 Å². The van der Waals surface area contributed by atoms with Crippen molar-refractivity contribution in [2.45, 2.75) is 51.5 Å². The van der Waals surface area contributed by atoms with Gasteiger partial charge in [-0.3, -0.25) is 4.79 Å². The molecule has 28 heavy (non-hydrogen) atoms. The molecule has 5 heteroatoms. The van der Waals surface area contributed by atoms with Crippen LogP contribution in [0, 0.1) is 0 Å². The summed E-state index contributed by atoms with van der Waals surface area (Å²) in [5.41, 5.74) is 3.28. The number of nitrogens with zero attached hydrogens (tertiary/aromatic N) is 1. The monoisotopic (exact) mass is 379 g/mol. The van der Waals surface area contributed by atoms with E-state index in [0.717, 1.165) is 24.3 Å². The highest BCUT2D eigenvalue weighted by molar-refractivity contribution is 6.03. The minimum Gasteiger partial charge on any atom is -0.459 e. The fraction of sp³-hybridized carbons (Fsp3) is 0.435. The second-order valence-corrected chi connectivity index (χ2v) is 7.88. The summed E-state index contributed by atoms with van der Waals surface area (Å²) >= 11 is 0. The first-order valence-corrected chi connectivity index (χ1v) is 10.4. The highest BCUT2D eigenvalue weighted by Gasteiger charge is 2.25. The molecule has 0 aliphatic carbocycles. The fourth-order valence-electron chi connectivity index (χ4n) is 4.41. The summed E-state index contributed by atoms with van der Waals surface area (Å²) in [6, 6.07) is 10.1. The Hall–Kier alpha value is -2.53. The Balaban J connectivity index is 1.48. The van der Waals surface area contributed by atoms with Crippen LogP contribution in [0.2, 0.25) is 0 Å². The van der Waals surface area contributed by atoms with E-state index < -0.39 is 0 Å². The second-order valence-electron chi connectivity index (χ2n) is 7.88. The molecular formula is C23H29N3O2. The van der Waals surface area contributed by atoms with Crippen molar-refractivity contribution in [1.29, 1.82) is 0 Å². The van der Waals surface area contributed by atoms with Gasteiger partial charge in [0.15, 0.2) is 5.76 Å². The maximum Gasteiger partial charge on any atom is 0.291 e. The Morgan fingerprint density at radius 2 is 2.14 bits per heavy atom. The first-order chi connectivity index (χ1) is 13.7. The van der Waals surface area contributed by atoms with E-state index in [2.05, 4.69) is 41.3 Å². The van der Waals surface area contributed by atoms with Crippen molar-refractivity contribution >= 4 is 22.5 Å². The zero-order valence-corrected chi connectivity index (χ0v) is 16.7. The third-order valence-electron chi connectivity index (χ3n) is 6.02. The van der Waals surface area contributed by atoms with Crippen molar-refractivity contribution in [3.05, 3.63) is 54.1 Å². The van der Waals surface area contributed by atoms with E-state index in [0.29, 0.717) is 17.7 Å². The summed E-state index contributed by atoms with van der Waals surface area (Å²) in [7, 11) is 0. The highest BCUT2D eigenvalue weighted by atomic mass is 16.3. The Morgan fingerprint density at radius 1 is 1.32 bits per heavy atom. The average Bonchev–Trinajstić information content (AvgIpc) is 3.38. The van der Waals surface area contributed by atoms with Gasteiger partial charge in [0.05, 0.1) is 6.26 Å². The van der Waals surface area contributed by atoms with Gasteiger partial charge >= 0.3 is 0 Å². The van der Waals surface area contributed by atoms with Crippen molar-refractivity contribution < 1.29 is 9.21 Å². The van der Waals surface area contributed by atoms with Crippen molar-refractivity contribution in [1.82, 2.24) is 9.88 Å². The van der Waals surface area contributed by atoms with Crippen LogP contribution in [0.25, 0.3) is 10.9 Å². The van der Waals surface area contributed by atoms with Crippen molar-refractivity contribution in [3.63, 3.8) is 0 Å². The van der Waals surface area contributed by atoms with Gasteiger partial charge in [0.25, 0.3) is 5.91 Å². The van der Waals surface area contributed by atoms with Crippen LogP contribution in [0.15, 0.2) is 47.2 Å². The van der Waals surface area contributed by atoms with Gasteiger partial charge in [-0.05, 0) is 81.1 Å². The zero-order chi connectivity index (χ0) is 19.5. The number of nitrogens with one attached hydrogen (secondary N) is 2. The number of furan rings is 1. The Bertz CT molecular complexity index is 921. The molecule has 4 rings (SSSR count). The Kier molecular flexibility index (Phi) is 5.53. The lowest BCUT2D eigenvalue weighted by Gasteiger charge is -2.36. The van der Waals surface area contributed by atoms with Gasteiger partial charge in [0.2, 0.25) is 0 Å². The van der Waals surface area contributed by atoms with E-state index in [9.17, 15) is 4.79 Å². The number of H-pyrrole nitrogens is 1. The number of carbonyl (C=O) groups excluding carboxylic acids is 1. The average molecular weight is 380 g/mol. The molecule has 2 N–H and O–H groups in total. The predicted molar refractivity (Wildman–Crippen MR) is 113 cm³/mol. The van der Waals surface area contributed by atoms with Gasteiger partial charge in [-0.25, -0.2) is 0 Å². The molecule has 0 radical (unpaired) electrons. The van der Waals surface area contributed by atoms with E-state index in [1.54, 1.807) is 12.1 Å². The van der Waals surface area contributed by atoms with Crippen LogP contribution in [0.5, 0.6) is 0 Å². The summed E-state index contributed by atoms with van der Waals surface area (Å²) in [4.78, 5) is 18.3. The quantitative estimate of drug-likeness (QED) is 0.604. The molecule has 148 valence electrons. The molecule has 1 aromatic carbocycles. The molecule has 1 unspecified atom stereocenters. The largest absolute Gasteiger partial charge is 0.459 e. The number of carbonyl (C=O) groups is 1. The summed E-state index contributed by atoms with van der Waals surface area (Å²) in [5, 5.41) is 4.14. The Labute approximate surface area is 166 Å². The molecule has 0 bridgehead atoms. The molecule has 0 saturated carbocycles. The molecule has 1 aliphatic rings. The van der Waals surface area contributed by atoms with E-state index >= 15 is 0 Å². The lowest BCUT2D eigenvalue weighted by Crippen LogP contribution is -2.39. The molecule has 1 amide bonds. The van der Waals surface area contributed by atoms with Crippen molar-refractivity contribution in [2.75, 3.05) is 18.4 Å². The minimum absolute atomic E-state index is 0.223. The first kappa shape index (κ1) is 18.8. The molecule has 1 aliphatic heterocycles. The number of hydrogen-bond donors (Lipinski definition) is 2. The number of piperidine rings is 1. The third-order valence-corrected chi connectivity index (χ3v) is 6.02. The number of rotatable bonds is 6. The van der Waals surface area contributed by atoms with Crippen LogP contribution in [0.3, 0.4) is 0 Å². The second kappa shape index (κ2) is 8.23. The van der Waals surface area contributed by atoms with Gasteiger partial charge in [-0.2, -0.15) is 0 Å². The van der Waals surface area contributed by atoms with Crippen molar-refractivity contribution in [2.24, 2.45) is 0 Å². The van der Waals surface area contributed by atoms with Gasteiger partial charge in [0, 0.05) is 28.8 Å². The fourth-order valence-corrected chi connectivity index (χ4v) is 4.41. The molecule has 1 atom stereocenters. The van der Waals surface area contributed by atoms with Crippen molar-refractivity contribution in [3.8, 4) is 0 Å². The molecule has 3 aromatic rings. The van der Waals surface area contributed by atoms with Gasteiger partial charge < -0.3 is 19.6 Å². The van der Waals surface area contributed by atoms with Gasteiger partial charge in [-0.1, -0.05) is 13.3 Å². The summed E-state index contributed by atoms with van der Waals surface area (Å²) in [6.45, 7) is 6.93. The van der Waals surface area contributed by atoms with Crippen LogP contribution >= 0.6 is 0 Å². The first-order valence-electron chi connectivity index (χ1n) is 10.4. The minimum atomic E-state index is -0.223. The van der Waals surface area contributed by atoms with Gasteiger partial charge in [-0.15, -0.1) is 0 Å². The molecule has 0 spiro atoms. The number of aromatic nitrogens is 1. The van der Waals surface area contributed by atoms with Gasteiger partial charge in [0.1, 0.15) is 0 Å². The number of likely N-dealkylation sites (tertiary alicyclic amines) is 1. The molecule has 1 saturated heterocycles. The predicted octanol–water partition coefficient (Wildman–Crippen LogP) is 5.38. The SMILES string of the molecule is CCCC(C)N1CCC(c2c[nH]c3ccc(NC(=O)c4ccco4)cc23)CC1. The molecule has 3 heterocycles. The lowest BCUT2D eigenvalue weighted by molar-refractivity contribution is 0.0996. The standard InChI is InChI=1S/C23H29N3O2/c1-3-5-16(2)26-11-9-17(10-12-26)20-15-24-21-8-7-18(14-19(20)21)25-23(27)22-6-4-13-28-22/h4,6-8,13-17,24H,3,5,9-12H2,1-2H3,(H,25,27). The molecular weight excluding hydrogens is 350 g/mol. The summed E-state index contributed by atoms with van der Waals surface area (Å²) in [5.74, 6) is 0.664. The topological polar surface area (TPSA) is 61.3 Å². The molecule has 1 fully saturated rings.